The number of rotatable bonds is 11. The number of ether oxygens (including phenoxy) is 2. The van der Waals surface area contributed by atoms with Crippen molar-refractivity contribution >= 4 is 23.2 Å². The molecule has 2 N–H and O–H groups in total. The fourth-order valence-corrected chi connectivity index (χ4v) is 3.18. The molecule has 0 aromatic heterocycles. The smallest absolute Gasteiger partial charge is 0.242 e. The van der Waals surface area contributed by atoms with Gasteiger partial charge in [-0.25, -0.2) is 0 Å². The van der Waals surface area contributed by atoms with Gasteiger partial charge in [0.15, 0.2) is 0 Å². The summed E-state index contributed by atoms with van der Waals surface area (Å²) < 4.78 is 11.6. The third-order valence-electron chi connectivity index (χ3n) is 4.67. The monoisotopic (exact) mass is 438 g/mol. The van der Waals surface area contributed by atoms with E-state index in [1.165, 1.54) is 0 Å². The minimum Gasteiger partial charge on any atom is -0.494 e. The van der Waals surface area contributed by atoms with Gasteiger partial charge < -0.3 is 20.1 Å². The average Bonchev–Trinajstić information content (AvgIpc) is 2.82. The van der Waals surface area contributed by atoms with Crippen molar-refractivity contribution in [2.24, 2.45) is 5.73 Å². The van der Waals surface area contributed by atoms with Crippen LogP contribution in [0.4, 0.5) is 5.69 Å². The molecular formula is C25H27ClN2O3. The first kappa shape index (κ1) is 22.7. The number of amides is 1. The summed E-state index contributed by atoms with van der Waals surface area (Å²) in [5.74, 6) is 1.96. The fourth-order valence-electron chi connectivity index (χ4n) is 3.03. The molecule has 0 aliphatic rings. The maximum Gasteiger partial charge on any atom is 0.242 e. The average molecular weight is 439 g/mol. The van der Waals surface area contributed by atoms with E-state index in [9.17, 15) is 4.79 Å². The minimum absolute atomic E-state index is 0.0777. The van der Waals surface area contributed by atoms with Crippen LogP contribution in [0.3, 0.4) is 0 Å². The highest BCUT2D eigenvalue weighted by Crippen LogP contribution is 2.27. The summed E-state index contributed by atoms with van der Waals surface area (Å²) >= 11 is 5.83. The number of alkyl halides is 1. The molecule has 0 aliphatic carbocycles. The van der Waals surface area contributed by atoms with Gasteiger partial charge in [-0.05, 0) is 73.5 Å². The van der Waals surface area contributed by atoms with E-state index in [-0.39, 0.29) is 11.8 Å². The number of hydrogen-bond donors (Lipinski definition) is 1. The molecule has 1 amide bonds. The third-order valence-corrected chi connectivity index (χ3v) is 4.90. The highest BCUT2D eigenvalue weighted by atomic mass is 35.5. The van der Waals surface area contributed by atoms with E-state index in [1.807, 2.05) is 78.9 Å². The maximum absolute atomic E-state index is 12.4. The first-order valence-corrected chi connectivity index (χ1v) is 10.8. The second-order valence-electron chi connectivity index (χ2n) is 7.01. The summed E-state index contributed by atoms with van der Waals surface area (Å²) in [6.45, 7) is 1.79. The van der Waals surface area contributed by atoms with E-state index in [0.717, 1.165) is 29.8 Å². The van der Waals surface area contributed by atoms with Crippen LogP contribution in [0, 0.1) is 0 Å². The Bertz CT molecular complexity index is 931. The van der Waals surface area contributed by atoms with Gasteiger partial charge in [0.2, 0.25) is 5.91 Å². The lowest BCUT2D eigenvalue weighted by Gasteiger charge is -2.22. The summed E-state index contributed by atoms with van der Waals surface area (Å²) in [7, 11) is 0. The lowest BCUT2D eigenvalue weighted by atomic mass is 10.2. The van der Waals surface area contributed by atoms with Gasteiger partial charge in [-0.3, -0.25) is 4.79 Å². The number of carbonyl (C=O) groups excluding carboxylic acids is 1. The van der Waals surface area contributed by atoms with Crippen molar-refractivity contribution in [3.05, 3.63) is 84.4 Å². The first-order chi connectivity index (χ1) is 15.2. The van der Waals surface area contributed by atoms with Crippen LogP contribution in [0.5, 0.6) is 17.2 Å². The molecule has 0 saturated carbocycles. The number of nitrogens with zero attached hydrogens (tertiary/aromatic N) is 1. The Balaban J connectivity index is 1.62. The van der Waals surface area contributed by atoms with Crippen molar-refractivity contribution in [2.45, 2.75) is 19.4 Å². The third kappa shape index (κ3) is 7.02. The predicted molar refractivity (Wildman–Crippen MR) is 125 cm³/mol. The standard InChI is InChI=1S/C25H27ClN2O3/c26-18-25(29)28(19-20-6-2-1-3-7-20)21-8-10-23(11-9-21)31-24-14-12-22(13-15-24)30-17-5-4-16-27/h1-3,6-15H,4-5,16-19,27H2. The molecule has 0 saturated heterocycles. The molecule has 0 bridgehead atoms. The molecule has 0 spiro atoms. The van der Waals surface area contributed by atoms with Crippen molar-refractivity contribution in [2.75, 3.05) is 23.9 Å². The highest BCUT2D eigenvalue weighted by molar-refractivity contribution is 6.29. The molecule has 3 aromatic carbocycles. The van der Waals surface area contributed by atoms with Crippen LogP contribution in [0.25, 0.3) is 0 Å². The van der Waals surface area contributed by atoms with Gasteiger partial charge >= 0.3 is 0 Å². The zero-order valence-corrected chi connectivity index (χ0v) is 18.1. The Labute approximate surface area is 188 Å². The number of hydrogen-bond acceptors (Lipinski definition) is 4. The first-order valence-electron chi connectivity index (χ1n) is 10.3. The van der Waals surface area contributed by atoms with Crippen LogP contribution in [0.1, 0.15) is 18.4 Å². The molecule has 0 fully saturated rings. The zero-order chi connectivity index (χ0) is 21.9. The number of unbranched alkanes of at least 4 members (excludes halogenated alkanes) is 1. The minimum atomic E-state index is -0.152. The molecule has 0 radical (unpaired) electrons. The lowest BCUT2D eigenvalue weighted by Crippen LogP contribution is -2.31. The van der Waals surface area contributed by atoms with Gasteiger partial charge in [0.1, 0.15) is 23.1 Å². The molecule has 0 heterocycles. The molecular weight excluding hydrogens is 412 g/mol. The topological polar surface area (TPSA) is 64.8 Å². The Morgan fingerprint density at radius 1 is 0.839 bits per heavy atom. The second kappa shape index (κ2) is 12.0. The molecule has 5 nitrogen and oxygen atoms in total. The van der Waals surface area contributed by atoms with Gasteiger partial charge in [-0.15, -0.1) is 11.6 Å². The maximum atomic E-state index is 12.4. The Kier molecular flexibility index (Phi) is 8.76. The van der Waals surface area contributed by atoms with Gasteiger partial charge in [-0.2, -0.15) is 0 Å². The molecule has 3 aromatic rings. The molecule has 162 valence electrons. The van der Waals surface area contributed by atoms with Crippen LogP contribution >= 0.6 is 11.6 Å². The van der Waals surface area contributed by atoms with Gasteiger partial charge in [0.05, 0.1) is 13.2 Å². The van der Waals surface area contributed by atoms with Crippen LogP contribution in [0.15, 0.2) is 78.9 Å². The van der Waals surface area contributed by atoms with Gasteiger partial charge in [0.25, 0.3) is 0 Å². The molecule has 3 rings (SSSR count). The molecule has 0 unspecified atom stereocenters. The van der Waals surface area contributed by atoms with E-state index in [4.69, 9.17) is 26.8 Å². The quantitative estimate of drug-likeness (QED) is 0.323. The molecule has 31 heavy (non-hydrogen) atoms. The summed E-state index contributed by atoms with van der Waals surface area (Å²) in [5, 5.41) is 0. The SMILES string of the molecule is NCCCCOc1ccc(Oc2ccc(N(Cc3ccccc3)C(=O)CCl)cc2)cc1. The van der Waals surface area contributed by atoms with Gasteiger partial charge in [0, 0.05) is 5.69 Å². The number of nitrogens with two attached hydrogens (primary N) is 1. The summed E-state index contributed by atoms with van der Waals surface area (Å²) in [6, 6.07) is 24.7. The normalized spacial score (nSPS) is 10.5. The fraction of sp³-hybridized carbons (Fsp3) is 0.240. The van der Waals surface area contributed by atoms with E-state index in [0.29, 0.717) is 31.2 Å². The van der Waals surface area contributed by atoms with Gasteiger partial charge in [-0.1, -0.05) is 30.3 Å². The van der Waals surface area contributed by atoms with Crippen LogP contribution in [-0.4, -0.2) is 24.9 Å². The van der Waals surface area contributed by atoms with Crippen LogP contribution in [0.2, 0.25) is 0 Å². The lowest BCUT2D eigenvalue weighted by molar-refractivity contribution is -0.116. The number of anilines is 1. The Morgan fingerprint density at radius 3 is 2.06 bits per heavy atom. The van der Waals surface area contributed by atoms with Crippen LogP contribution in [-0.2, 0) is 11.3 Å². The Morgan fingerprint density at radius 2 is 1.45 bits per heavy atom. The van der Waals surface area contributed by atoms with Crippen molar-refractivity contribution in [3.63, 3.8) is 0 Å². The molecule has 6 heteroatoms. The van der Waals surface area contributed by atoms with E-state index < -0.39 is 0 Å². The summed E-state index contributed by atoms with van der Waals surface area (Å²) in [4.78, 5) is 14.1. The van der Waals surface area contributed by atoms with E-state index in [1.54, 1.807) is 4.90 Å². The molecule has 0 atom stereocenters. The van der Waals surface area contributed by atoms with Crippen molar-refractivity contribution in [3.8, 4) is 17.2 Å². The summed E-state index contributed by atoms with van der Waals surface area (Å²) in [5.41, 5.74) is 7.29. The van der Waals surface area contributed by atoms with Crippen molar-refractivity contribution < 1.29 is 14.3 Å². The van der Waals surface area contributed by atoms with Crippen molar-refractivity contribution in [1.29, 1.82) is 0 Å². The predicted octanol–water partition coefficient (Wildman–Crippen LogP) is 5.37. The zero-order valence-electron chi connectivity index (χ0n) is 17.4. The highest BCUT2D eigenvalue weighted by Gasteiger charge is 2.15. The second-order valence-corrected chi connectivity index (χ2v) is 7.28. The van der Waals surface area contributed by atoms with Crippen molar-refractivity contribution in [1.82, 2.24) is 0 Å². The summed E-state index contributed by atoms with van der Waals surface area (Å²) in [6.07, 6.45) is 1.89. The largest absolute Gasteiger partial charge is 0.494 e. The van der Waals surface area contributed by atoms with E-state index >= 15 is 0 Å². The number of carbonyl (C=O) groups is 1. The number of halogens is 1. The van der Waals surface area contributed by atoms with E-state index in [2.05, 4.69) is 0 Å². The van der Waals surface area contributed by atoms with Crippen LogP contribution < -0.4 is 20.1 Å². The Hall–Kier alpha value is -3.02. The number of benzene rings is 3. The molecule has 0 aliphatic heterocycles.